The van der Waals surface area contributed by atoms with E-state index in [1.54, 1.807) is 0 Å². The number of amides is 1. The molecule has 1 atom stereocenters. The Morgan fingerprint density at radius 2 is 1.90 bits per heavy atom. The van der Waals surface area contributed by atoms with Gasteiger partial charge in [-0.05, 0) is 42.3 Å². The maximum absolute atomic E-state index is 12.2. The van der Waals surface area contributed by atoms with Crippen LogP contribution in [0.25, 0.3) is 0 Å². The fourth-order valence-electron chi connectivity index (χ4n) is 2.58. The summed E-state index contributed by atoms with van der Waals surface area (Å²) in [5.74, 6) is 0.654. The Kier molecular flexibility index (Phi) is 6.90. The lowest BCUT2D eigenvalue weighted by atomic mass is 9.86. The van der Waals surface area contributed by atoms with Crippen molar-refractivity contribution >= 4 is 11.6 Å². The highest BCUT2D eigenvalue weighted by atomic mass is 16.1. The van der Waals surface area contributed by atoms with Gasteiger partial charge in [-0.15, -0.1) is 0 Å². The maximum Gasteiger partial charge on any atom is 0.224 e. The number of nitrogens with two attached hydrogens (primary N) is 1. The van der Waals surface area contributed by atoms with Crippen molar-refractivity contribution in [3.8, 4) is 0 Å². The molecule has 0 aliphatic rings. The van der Waals surface area contributed by atoms with E-state index in [2.05, 4.69) is 39.1 Å². The van der Waals surface area contributed by atoms with Crippen LogP contribution in [-0.4, -0.2) is 12.5 Å². The highest BCUT2D eigenvalue weighted by molar-refractivity contribution is 5.91. The van der Waals surface area contributed by atoms with Crippen molar-refractivity contribution in [1.82, 2.24) is 0 Å². The molecule has 0 fully saturated rings. The third-order valence-corrected chi connectivity index (χ3v) is 3.94. The summed E-state index contributed by atoms with van der Waals surface area (Å²) in [6.45, 7) is 9.34. The quantitative estimate of drug-likeness (QED) is 0.795. The third kappa shape index (κ3) is 5.88. The molecule has 0 aliphatic heterocycles. The fourth-order valence-corrected chi connectivity index (χ4v) is 2.58. The minimum Gasteiger partial charge on any atom is -0.330 e. The molecular formula is C18H30N2O. The van der Waals surface area contributed by atoms with Gasteiger partial charge in [0.1, 0.15) is 0 Å². The first-order valence-corrected chi connectivity index (χ1v) is 7.98. The summed E-state index contributed by atoms with van der Waals surface area (Å²) in [5.41, 5.74) is 7.73. The maximum atomic E-state index is 12.2. The zero-order valence-corrected chi connectivity index (χ0v) is 13.9. The van der Waals surface area contributed by atoms with E-state index in [-0.39, 0.29) is 11.3 Å². The molecule has 0 saturated heterocycles. The molecule has 0 aliphatic carbocycles. The normalized spacial score (nSPS) is 13.0. The first kappa shape index (κ1) is 17.7. The second-order valence-electron chi connectivity index (χ2n) is 6.73. The van der Waals surface area contributed by atoms with Crippen LogP contribution in [-0.2, 0) is 10.2 Å². The van der Waals surface area contributed by atoms with Crippen LogP contribution in [0.3, 0.4) is 0 Å². The van der Waals surface area contributed by atoms with E-state index in [9.17, 15) is 4.79 Å². The van der Waals surface area contributed by atoms with Crippen molar-refractivity contribution in [2.24, 2.45) is 11.7 Å². The summed E-state index contributed by atoms with van der Waals surface area (Å²) in [4.78, 5) is 12.2. The predicted octanol–water partition coefficient (Wildman–Crippen LogP) is 4.08. The molecule has 21 heavy (non-hydrogen) atoms. The van der Waals surface area contributed by atoms with E-state index in [0.29, 0.717) is 18.9 Å². The second kappa shape index (κ2) is 8.18. The lowest BCUT2D eigenvalue weighted by molar-refractivity contribution is -0.116. The lowest BCUT2D eigenvalue weighted by Gasteiger charge is -2.23. The molecule has 1 rings (SSSR count). The summed E-state index contributed by atoms with van der Waals surface area (Å²) in [7, 11) is 0. The molecule has 0 aromatic heterocycles. The first-order valence-electron chi connectivity index (χ1n) is 7.98. The van der Waals surface area contributed by atoms with Crippen LogP contribution in [0, 0.1) is 5.92 Å². The van der Waals surface area contributed by atoms with Gasteiger partial charge in [-0.1, -0.05) is 52.3 Å². The van der Waals surface area contributed by atoms with Crippen molar-refractivity contribution in [1.29, 1.82) is 0 Å². The average Bonchev–Trinajstić information content (AvgIpc) is 2.43. The van der Waals surface area contributed by atoms with Gasteiger partial charge in [-0.25, -0.2) is 0 Å². The summed E-state index contributed by atoms with van der Waals surface area (Å²) < 4.78 is 0. The molecule has 1 aromatic rings. The average molecular weight is 290 g/mol. The summed E-state index contributed by atoms with van der Waals surface area (Å²) in [5, 5.41) is 3.07. The van der Waals surface area contributed by atoms with Crippen LogP contribution in [0.1, 0.15) is 58.9 Å². The smallest absolute Gasteiger partial charge is 0.224 e. The summed E-state index contributed by atoms with van der Waals surface area (Å²) in [6.07, 6.45) is 3.57. The second-order valence-corrected chi connectivity index (χ2v) is 6.73. The predicted molar refractivity (Wildman–Crippen MR) is 90.5 cm³/mol. The topological polar surface area (TPSA) is 55.1 Å². The van der Waals surface area contributed by atoms with Crippen molar-refractivity contribution in [3.63, 3.8) is 0 Å². The molecule has 1 aromatic carbocycles. The molecule has 1 unspecified atom stereocenters. The minimum absolute atomic E-state index is 0.0232. The van der Waals surface area contributed by atoms with E-state index >= 15 is 0 Å². The van der Waals surface area contributed by atoms with Crippen LogP contribution in [0.2, 0.25) is 0 Å². The molecule has 0 radical (unpaired) electrons. The Balaban J connectivity index is 2.63. The SMILES string of the molecule is CCC(CCN)CCC(=O)Nc1ccccc1C(C)(C)C. The van der Waals surface area contributed by atoms with Gasteiger partial charge >= 0.3 is 0 Å². The third-order valence-electron chi connectivity index (χ3n) is 3.94. The van der Waals surface area contributed by atoms with Gasteiger partial charge in [-0.2, -0.15) is 0 Å². The Bertz CT molecular complexity index is 449. The van der Waals surface area contributed by atoms with Gasteiger partial charge in [0.05, 0.1) is 0 Å². The van der Waals surface area contributed by atoms with Crippen LogP contribution >= 0.6 is 0 Å². The van der Waals surface area contributed by atoms with Crippen molar-refractivity contribution in [2.75, 3.05) is 11.9 Å². The zero-order chi connectivity index (χ0) is 15.9. The molecule has 3 heteroatoms. The number of rotatable bonds is 7. The first-order chi connectivity index (χ1) is 9.88. The standard InChI is InChI=1S/C18H30N2O/c1-5-14(12-13-19)10-11-17(21)20-16-9-7-6-8-15(16)18(2,3)4/h6-9,14H,5,10-13,19H2,1-4H3,(H,20,21). The van der Waals surface area contributed by atoms with Gasteiger partial charge in [0.15, 0.2) is 0 Å². The Hall–Kier alpha value is -1.35. The molecule has 0 saturated carbocycles. The number of nitrogens with one attached hydrogen (secondary N) is 1. The van der Waals surface area contributed by atoms with Crippen LogP contribution in [0.4, 0.5) is 5.69 Å². The molecule has 118 valence electrons. The van der Waals surface area contributed by atoms with Crippen LogP contribution in [0.5, 0.6) is 0 Å². The van der Waals surface area contributed by atoms with E-state index < -0.39 is 0 Å². The highest BCUT2D eigenvalue weighted by Crippen LogP contribution is 2.29. The molecule has 3 N–H and O–H groups in total. The highest BCUT2D eigenvalue weighted by Gasteiger charge is 2.18. The van der Waals surface area contributed by atoms with E-state index in [1.165, 1.54) is 5.56 Å². The van der Waals surface area contributed by atoms with E-state index in [4.69, 9.17) is 5.73 Å². The number of benzene rings is 1. The molecule has 0 bridgehead atoms. The van der Waals surface area contributed by atoms with Crippen molar-refractivity contribution < 1.29 is 4.79 Å². The monoisotopic (exact) mass is 290 g/mol. The molecular weight excluding hydrogens is 260 g/mol. The number of hydrogen-bond acceptors (Lipinski definition) is 2. The lowest BCUT2D eigenvalue weighted by Crippen LogP contribution is -2.19. The Morgan fingerprint density at radius 1 is 1.24 bits per heavy atom. The van der Waals surface area contributed by atoms with Crippen LogP contribution in [0.15, 0.2) is 24.3 Å². The molecule has 1 amide bonds. The van der Waals surface area contributed by atoms with Gasteiger partial charge in [-0.3, -0.25) is 4.79 Å². The number of carbonyl (C=O) groups is 1. The molecule has 0 heterocycles. The zero-order valence-electron chi connectivity index (χ0n) is 13.9. The van der Waals surface area contributed by atoms with Crippen LogP contribution < -0.4 is 11.1 Å². The summed E-state index contributed by atoms with van der Waals surface area (Å²) in [6, 6.07) is 8.05. The van der Waals surface area contributed by atoms with E-state index in [0.717, 1.165) is 24.9 Å². The summed E-state index contributed by atoms with van der Waals surface area (Å²) >= 11 is 0. The number of hydrogen-bond donors (Lipinski definition) is 2. The fraction of sp³-hybridized carbons (Fsp3) is 0.611. The van der Waals surface area contributed by atoms with Gasteiger partial charge in [0, 0.05) is 12.1 Å². The molecule has 0 spiro atoms. The Labute approximate surface area is 129 Å². The minimum atomic E-state index is 0.0232. The van der Waals surface area contributed by atoms with Crippen molar-refractivity contribution in [3.05, 3.63) is 29.8 Å². The van der Waals surface area contributed by atoms with Gasteiger partial charge < -0.3 is 11.1 Å². The number of carbonyl (C=O) groups excluding carboxylic acids is 1. The number of anilines is 1. The van der Waals surface area contributed by atoms with Gasteiger partial charge in [0.25, 0.3) is 0 Å². The van der Waals surface area contributed by atoms with E-state index in [1.807, 2.05) is 18.2 Å². The van der Waals surface area contributed by atoms with Gasteiger partial charge in [0.2, 0.25) is 5.91 Å². The molecule has 3 nitrogen and oxygen atoms in total. The Morgan fingerprint density at radius 3 is 2.48 bits per heavy atom. The van der Waals surface area contributed by atoms with Crippen molar-refractivity contribution in [2.45, 2.75) is 58.8 Å². The largest absolute Gasteiger partial charge is 0.330 e. The number of para-hydroxylation sites is 1.